The van der Waals surface area contributed by atoms with E-state index in [1.165, 1.54) is 11.0 Å². The van der Waals surface area contributed by atoms with Gasteiger partial charge >= 0.3 is 0 Å². The maximum atomic E-state index is 12.1. The van der Waals surface area contributed by atoms with E-state index in [2.05, 4.69) is 10.6 Å². The smallest absolute Gasteiger partial charge is 0.253 e. The van der Waals surface area contributed by atoms with Crippen LogP contribution in [-0.2, 0) is 4.79 Å². The van der Waals surface area contributed by atoms with E-state index in [9.17, 15) is 9.90 Å². The van der Waals surface area contributed by atoms with E-state index in [1.807, 2.05) is 39.0 Å². The van der Waals surface area contributed by atoms with Crippen LogP contribution < -0.4 is 20.1 Å². The number of hydrogen-bond acceptors (Lipinski definition) is 6. The molecule has 1 aromatic carbocycles. The van der Waals surface area contributed by atoms with Crippen molar-refractivity contribution in [2.45, 2.75) is 39.2 Å². The molecule has 0 bridgehead atoms. The molecular formula is C16H21N3O4. The first-order valence-corrected chi connectivity index (χ1v) is 7.60. The first kappa shape index (κ1) is 15.5. The van der Waals surface area contributed by atoms with E-state index in [1.54, 1.807) is 0 Å². The number of carbonyl (C=O) groups excluding carboxylic acids is 1. The van der Waals surface area contributed by atoms with Gasteiger partial charge < -0.3 is 25.2 Å². The second-order valence-electron chi connectivity index (χ2n) is 5.89. The summed E-state index contributed by atoms with van der Waals surface area (Å²) in [7, 11) is 0. The van der Waals surface area contributed by atoms with E-state index >= 15 is 0 Å². The van der Waals surface area contributed by atoms with Crippen LogP contribution in [0.1, 0.15) is 32.4 Å². The number of aliphatic hydroxyl groups is 1. The maximum Gasteiger partial charge on any atom is 0.253 e. The molecule has 1 unspecified atom stereocenters. The second kappa shape index (κ2) is 6.00. The second-order valence-corrected chi connectivity index (χ2v) is 5.89. The highest BCUT2D eigenvalue weighted by atomic mass is 16.7. The maximum absolute atomic E-state index is 12.1. The Labute approximate surface area is 134 Å². The number of hydrogen-bond donors (Lipinski definition) is 3. The van der Waals surface area contributed by atoms with Crippen LogP contribution in [0.15, 0.2) is 30.1 Å². The number of fused-ring (bicyclic) bond motifs is 1. The van der Waals surface area contributed by atoms with E-state index in [0.717, 1.165) is 11.3 Å². The van der Waals surface area contributed by atoms with Gasteiger partial charge in [0.15, 0.2) is 11.5 Å². The van der Waals surface area contributed by atoms with Gasteiger partial charge in [-0.2, -0.15) is 0 Å². The molecule has 7 heteroatoms. The van der Waals surface area contributed by atoms with Gasteiger partial charge in [-0.3, -0.25) is 9.69 Å². The van der Waals surface area contributed by atoms with Gasteiger partial charge in [-0.1, -0.05) is 6.07 Å². The molecule has 2 heterocycles. The number of ether oxygens (including phenoxy) is 2. The van der Waals surface area contributed by atoms with Gasteiger partial charge in [-0.05, 0) is 38.5 Å². The third kappa shape index (κ3) is 3.05. The van der Waals surface area contributed by atoms with Crippen molar-refractivity contribution >= 4 is 5.91 Å². The topological polar surface area (TPSA) is 83.1 Å². The molecule has 0 aliphatic carbocycles. The quantitative estimate of drug-likeness (QED) is 0.769. The predicted octanol–water partition coefficient (Wildman–Crippen LogP) is 1.02. The molecule has 3 rings (SSSR count). The van der Waals surface area contributed by atoms with E-state index in [4.69, 9.17) is 9.47 Å². The van der Waals surface area contributed by atoms with Crippen molar-refractivity contribution in [3.63, 3.8) is 0 Å². The lowest BCUT2D eigenvalue weighted by Gasteiger charge is -2.36. The van der Waals surface area contributed by atoms with Gasteiger partial charge in [0.25, 0.3) is 5.91 Å². The fraction of sp³-hybridized carbons (Fsp3) is 0.438. The van der Waals surface area contributed by atoms with Crippen molar-refractivity contribution in [2.75, 3.05) is 6.79 Å². The van der Waals surface area contributed by atoms with Crippen molar-refractivity contribution in [3.8, 4) is 11.5 Å². The number of rotatable bonds is 4. The molecule has 0 saturated carbocycles. The van der Waals surface area contributed by atoms with Crippen molar-refractivity contribution in [2.24, 2.45) is 0 Å². The van der Waals surface area contributed by atoms with Gasteiger partial charge in [0.1, 0.15) is 5.82 Å². The highest BCUT2D eigenvalue weighted by Crippen LogP contribution is 2.34. The number of carbonyl (C=O) groups is 1. The molecule has 0 saturated heterocycles. The van der Waals surface area contributed by atoms with Gasteiger partial charge in [0.05, 0.1) is 6.04 Å². The Bertz CT molecular complexity index is 644. The van der Waals surface area contributed by atoms with E-state index in [0.29, 0.717) is 11.6 Å². The molecule has 1 amide bonds. The van der Waals surface area contributed by atoms with Gasteiger partial charge in [-0.25, -0.2) is 0 Å². The van der Waals surface area contributed by atoms with Crippen LogP contribution in [0.5, 0.6) is 11.5 Å². The zero-order valence-corrected chi connectivity index (χ0v) is 13.4. The largest absolute Gasteiger partial charge is 0.454 e. The van der Waals surface area contributed by atoms with E-state index < -0.39 is 6.35 Å². The minimum Gasteiger partial charge on any atom is -0.454 e. The summed E-state index contributed by atoms with van der Waals surface area (Å²) < 4.78 is 10.7. The Kier molecular flexibility index (Phi) is 4.04. The van der Waals surface area contributed by atoms with Crippen molar-refractivity contribution in [1.29, 1.82) is 0 Å². The SMILES string of the molecule is CC(C)N1C(=O)C=C(N[C@@H](C)c2ccc3c(c2)OCO3)NC1O. The van der Waals surface area contributed by atoms with Crippen LogP contribution in [-0.4, -0.2) is 35.1 Å². The monoisotopic (exact) mass is 319 g/mol. The third-order valence-corrected chi connectivity index (χ3v) is 3.90. The average Bonchev–Trinajstić information content (AvgIpc) is 2.93. The lowest BCUT2D eigenvalue weighted by molar-refractivity contribution is -0.143. The van der Waals surface area contributed by atoms with Crippen LogP contribution in [0.2, 0.25) is 0 Å². The van der Waals surface area contributed by atoms with Crippen molar-refractivity contribution < 1.29 is 19.4 Å². The summed E-state index contributed by atoms with van der Waals surface area (Å²) in [5.41, 5.74) is 0.991. The summed E-state index contributed by atoms with van der Waals surface area (Å²) in [6.07, 6.45) is 0.412. The van der Waals surface area contributed by atoms with Crippen LogP contribution in [0.3, 0.4) is 0 Å². The number of aliphatic hydroxyl groups excluding tert-OH is 1. The highest BCUT2D eigenvalue weighted by molar-refractivity contribution is 5.89. The van der Waals surface area contributed by atoms with Crippen LogP contribution in [0.25, 0.3) is 0 Å². The number of nitrogens with one attached hydrogen (secondary N) is 2. The van der Waals surface area contributed by atoms with Crippen LogP contribution in [0.4, 0.5) is 0 Å². The number of benzene rings is 1. The minimum absolute atomic E-state index is 0.0751. The molecule has 2 atom stereocenters. The first-order chi connectivity index (χ1) is 11.0. The van der Waals surface area contributed by atoms with Crippen molar-refractivity contribution in [1.82, 2.24) is 15.5 Å². The van der Waals surface area contributed by atoms with Gasteiger partial charge in [0.2, 0.25) is 13.1 Å². The summed E-state index contributed by atoms with van der Waals surface area (Å²) in [5, 5.41) is 16.1. The lowest BCUT2D eigenvalue weighted by Crippen LogP contribution is -2.56. The third-order valence-electron chi connectivity index (χ3n) is 3.90. The van der Waals surface area contributed by atoms with Gasteiger partial charge in [-0.15, -0.1) is 0 Å². The molecule has 0 spiro atoms. The Morgan fingerprint density at radius 3 is 2.74 bits per heavy atom. The zero-order valence-electron chi connectivity index (χ0n) is 13.4. The fourth-order valence-corrected chi connectivity index (χ4v) is 2.69. The Balaban J connectivity index is 1.72. The molecule has 0 fully saturated rings. The molecular weight excluding hydrogens is 298 g/mol. The summed E-state index contributed by atoms with van der Waals surface area (Å²) >= 11 is 0. The predicted molar refractivity (Wildman–Crippen MR) is 83.3 cm³/mol. The Morgan fingerprint density at radius 1 is 1.30 bits per heavy atom. The lowest BCUT2D eigenvalue weighted by atomic mass is 10.1. The normalized spacial score (nSPS) is 21.1. The zero-order chi connectivity index (χ0) is 16.6. The summed E-state index contributed by atoms with van der Waals surface area (Å²) in [6.45, 7) is 5.90. The molecule has 2 aliphatic rings. The summed E-state index contributed by atoms with van der Waals surface area (Å²) in [5.74, 6) is 1.70. The molecule has 23 heavy (non-hydrogen) atoms. The molecule has 124 valence electrons. The summed E-state index contributed by atoms with van der Waals surface area (Å²) in [6, 6.07) is 5.54. The molecule has 0 aromatic heterocycles. The average molecular weight is 319 g/mol. The number of nitrogens with zero attached hydrogens (tertiary/aromatic N) is 1. The van der Waals surface area contributed by atoms with Crippen LogP contribution in [0, 0.1) is 0 Å². The molecule has 2 aliphatic heterocycles. The Morgan fingerprint density at radius 2 is 2.04 bits per heavy atom. The molecule has 7 nitrogen and oxygen atoms in total. The van der Waals surface area contributed by atoms with E-state index in [-0.39, 0.29) is 24.8 Å². The standard InChI is InChI=1S/C16H21N3O4/c1-9(2)19-15(20)7-14(18-16(19)21)17-10(3)11-4-5-12-13(6-11)23-8-22-12/h4-7,9-10,16-18,21H,8H2,1-3H3/t10-,16?/m0/s1. The Hall–Kier alpha value is -2.41. The molecule has 1 aromatic rings. The molecule has 3 N–H and O–H groups in total. The fourth-order valence-electron chi connectivity index (χ4n) is 2.69. The first-order valence-electron chi connectivity index (χ1n) is 7.60. The van der Waals surface area contributed by atoms with Crippen LogP contribution >= 0.6 is 0 Å². The summed E-state index contributed by atoms with van der Waals surface area (Å²) in [4.78, 5) is 13.5. The molecule has 0 radical (unpaired) electrons. The van der Waals surface area contributed by atoms with Gasteiger partial charge in [0, 0.05) is 12.1 Å². The van der Waals surface area contributed by atoms with Crippen molar-refractivity contribution in [3.05, 3.63) is 35.7 Å². The minimum atomic E-state index is -1.04. The number of amides is 1. The highest BCUT2D eigenvalue weighted by Gasteiger charge is 2.29.